The zero-order chi connectivity index (χ0) is 18.4. The number of rotatable bonds is 8. The van der Waals surface area contributed by atoms with E-state index in [0.29, 0.717) is 0 Å². The fraction of sp³-hybridized carbons (Fsp3) is 0.318. The number of H-pyrrole nitrogens is 1. The van der Waals surface area contributed by atoms with Gasteiger partial charge in [0.25, 0.3) is 0 Å². The summed E-state index contributed by atoms with van der Waals surface area (Å²) in [6.07, 6.45) is 2.94. The Morgan fingerprint density at radius 2 is 1.73 bits per heavy atom. The number of hydrogen-bond donors (Lipinski definition) is 2. The third kappa shape index (κ3) is 3.97. The van der Waals surface area contributed by atoms with Gasteiger partial charge in [0.2, 0.25) is 5.91 Å². The topological polar surface area (TPSA) is 48.1 Å². The van der Waals surface area contributed by atoms with Gasteiger partial charge >= 0.3 is 0 Å². The molecular weight excluding hydrogens is 322 g/mol. The van der Waals surface area contributed by atoms with Crippen molar-refractivity contribution in [1.82, 2.24) is 15.2 Å². The molecule has 0 saturated heterocycles. The zero-order valence-electron chi connectivity index (χ0n) is 15.5. The molecule has 3 aromatic rings. The standard InChI is InChI=1S/C22H27N3O/c1-3-25(4-2)22(26)21(17-10-6-5-7-11-17)23-15-14-18-16-24-20-13-9-8-12-19(18)20/h5-13,16,21,23-24H,3-4,14-15H2,1-2H3. The van der Waals surface area contributed by atoms with E-state index >= 15 is 0 Å². The maximum absolute atomic E-state index is 13.0. The molecule has 1 aromatic heterocycles. The predicted molar refractivity (Wildman–Crippen MR) is 107 cm³/mol. The summed E-state index contributed by atoms with van der Waals surface area (Å²) in [7, 11) is 0. The minimum absolute atomic E-state index is 0.139. The second kappa shape index (κ2) is 8.68. The number of benzene rings is 2. The molecule has 3 rings (SSSR count). The number of carbonyl (C=O) groups excluding carboxylic acids is 1. The molecule has 1 heterocycles. The van der Waals surface area contributed by atoms with Crippen LogP contribution in [0.25, 0.3) is 10.9 Å². The van der Waals surface area contributed by atoms with Crippen LogP contribution in [-0.2, 0) is 11.2 Å². The van der Waals surface area contributed by atoms with Crippen molar-refractivity contribution in [2.75, 3.05) is 19.6 Å². The summed E-state index contributed by atoms with van der Waals surface area (Å²) in [6, 6.07) is 18.0. The molecule has 136 valence electrons. The summed E-state index contributed by atoms with van der Waals surface area (Å²) < 4.78 is 0. The quantitative estimate of drug-likeness (QED) is 0.648. The van der Waals surface area contributed by atoms with E-state index in [4.69, 9.17) is 0 Å². The molecule has 0 aliphatic heterocycles. The van der Waals surface area contributed by atoms with Gasteiger partial charge < -0.3 is 15.2 Å². The van der Waals surface area contributed by atoms with Crippen LogP contribution in [0.2, 0.25) is 0 Å². The third-order valence-electron chi connectivity index (χ3n) is 4.87. The van der Waals surface area contributed by atoms with E-state index in [1.54, 1.807) is 0 Å². The average molecular weight is 349 g/mol. The van der Waals surface area contributed by atoms with E-state index < -0.39 is 0 Å². The first kappa shape index (κ1) is 18.2. The van der Waals surface area contributed by atoms with Gasteiger partial charge in [-0.1, -0.05) is 48.5 Å². The number of fused-ring (bicyclic) bond motifs is 1. The molecule has 1 atom stereocenters. The monoisotopic (exact) mass is 349 g/mol. The van der Waals surface area contributed by atoms with E-state index in [0.717, 1.165) is 37.1 Å². The Kier molecular flexibility index (Phi) is 6.08. The van der Waals surface area contributed by atoms with Crippen LogP contribution in [0.15, 0.2) is 60.8 Å². The maximum Gasteiger partial charge on any atom is 0.244 e. The second-order valence-electron chi connectivity index (χ2n) is 6.42. The number of carbonyl (C=O) groups is 1. The molecule has 0 aliphatic carbocycles. The zero-order valence-corrected chi connectivity index (χ0v) is 15.5. The van der Waals surface area contributed by atoms with Crippen molar-refractivity contribution in [3.8, 4) is 0 Å². The van der Waals surface area contributed by atoms with E-state index in [9.17, 15) is 4.79 Å². The highest BCUT2D eigenvalue weighted by Crippen LogP contribution is 2.19. The average Bonchev–Trinajstić information content (AvgIpc) is 3.10. The Hall–Kier alpha value is -2.59. The molecule has 4 nitrogen and oxygen atoms in total. The van der Waals surface area contributed by atoms with Gasteiger partial charge in [-0.3, -0.25) is 4.79 Å². The number of nitrogens with one attached hydrogen (secondary N) is 2. The number of aromatic amines is 1. The largest absolute Gasteiger partial charge is 0.361 e. The molecule has 0 aliphatic rings. The molecule has 0 radical (unpaired) electrons. The SMILES string of the molecule is CCN(CC)C(=O)C(NCCc1c[nH]c2ccccc12)c1ccccc1. The molecule has 4 heteroatoms. The highest BCUT2D eigenvalue weighted by Gasteiger charge is 2.23. The van der Waals surface area contributed by atoms with Crippen molar-refractivity contribution >= 4 is 16.8 Å². The van der Waals surface area contributed by atoms with Gasteiger partial charge in [0.15, 0.2) is 0 Å². The van der Waals surface area contributed by atoms with Gasteiger partial charge in [0, 0.05) is 36.7 Å². The summed E-state index contributed by atoms with van der Waals surface area (Å²) in [6.45, 7) is 6.24. The Balaban J connectivity index is 1.72. The first-order valence-corrected chi connectivity index (χ1v) is 9.36. The Bertz CT molecular complexity index is 837. The van der Waals surface area contributed by atoms with Crippen molar-refractivity contribution in [3.05, 3.63) is 71.9 Å². The highest BCUT2D eigenvalue weighted by molar-refractivity contribution is 5.84. The fourth-order valence-corrected chi connectivity index (χ4v) is 3.40. The van der Waals surface area contributed by atoms with Gasteiger partial charge in [-0.25, -0.2) is 0 Å². The molecule has 0 spiro atoms. The minimum Gasteiger partial charge on any atom is -0.361 e. The van der Waals surface area contributed by atoms with Gasteiger partial charge in [-0.2, -0.15) is 0 Å². The van der Waals surface area contributed by atoms with Crippen LogP contribution < -0.4 is 5.32 Å². The van der Waals surface area contributed by atoms with E-state index in [1.807, 2.05) is 55.1 Å². The van der Waals surface area contributed by atoms with Gasteiger partial charge in [0.05, 0.1) is 0 Å². The Labute approximate surface area is 155 Å². The first-order chi connectivity index (χ1) is 12.7. The van der Waals surface area contributed by atoms with Crippen molar-refractivity contribution in [2.24, 2.45) is 0 Å². The van der Waals surface area contributed by atoms with Gasteiger partial charge in [0.1, 0.15) is 6.04 Å². The molecule has 1 unspecified atom stereocenters. The van der Waals surface area contributed by atoms with Gasteiger partial charge in [-0.05, 0) is 37.5 Å². The first-order valence-electron chi connectivity index (χ1n) is 9.36. The fourth-order valence-electron chi connectivity index (χ4n) is 3.40. The van der Waals surface area contributed by atoms with E-state index in [-0.39, 0.29) is 11.9 Å². The lowest BCUT2D eigenvalue weighted by atomic mass is 10.0. The molecule has 0 fully saturated rings. The minimum atomic E-state index is -0.304. The highest BCUT2D eigenvalue weighted by atomic mass is 16.2. The number of aromatic nitrogens is 1. The maximum atomic E-state index is 13.0. The lowest BCUT2D eigenvalue weighted by Gasteiger charge is -2.26. The van der Waals surface area contributed by atoms with Crippen LogP contribution >= 0.6 is 0 Å². The number of nitrogens with zero attached hydrogens (tertiary/aromatic N) is 1. The lowest BCUT2D eigenvalue weighted by molar-refractivity contribution is -0.133. The summed E-state index contributed by atoms with van der Waals surface area (Å²) in [5.41, 5.74) is 3.44. The van der Waals surface area contributed by atoms with E-state index in [2.05, 4.69) is 34.7 Å². The number of likely N-dealkylation sites (N-methyl/N-ethyl adjacent to an activating group) is 1. The van der Waals surface area contributed by atoms with Crippen LogP contribution in [0, 0.1) is 0 Å². The van der Waals surface area contributed by atoms with Crippen molar-refractivity contribution < 1.29 is 4.79 Å². The molecule has 0 bridgehead atoms. The Morgan fingerprint density at radius 3 is 2.46 bits per heavy atom. The Morgan fingerprint density at radius 1 is 1.04 bits per heavy atom. The predicted octanol–water partition coefficient (Wildman–Crippen LogP) is 3.91. The molecule has 2 aromatic carbocycles. The van der Waals surface area contributed by atoms with Crippen LogP contribution in [0.1, 0.15) is 31.0 Å². The summed E-state index contributed by atoms with van der Waals surface area (Å²) in [5, 5.41) is 4.73. The van der Waals surface area contributed by atoms with Gasteiger partial charge in [-0.15, -0.1) is 0 Å². The summed E-state index contributed by atoms with van der Waals surface area (Å²) in [5.74, 6) is 0.139. The van der Waals surface area contributed by atoms with Crippen LogP contribution in [0.4, 0.5) is 0 Å². The molecular formula is C22H27N3O. The van der Waals surface area contributed by atoms with Crippen molar-refractivity contribution in [3.63, 3.8) is 0 Å². The summed E-state index contributed by atoms with van der Waals surface area (Å²) >= 11 is 0. The van der Waals surface area contributed by atoms with Crippen LogP contribution in [0.3, 0.4) is 0 Å². The molecule has 1 amide bonds. The van der Waals surface area contributed by atoms with E-state index in [1.165, 1.54) is 10.9 Å². The molecule has 0 saturated carbocycles. The lowest BCUT2D eigenvalue weighted by Crippen LogP contribution is -2.41. The second-order valence-corrected chi connectivity index (χ2v) is 6.42. The van der Waals surface area contributed by atoms with Crippen molar-refractivity contribution in [2.45, 2.75) is 26.3 Å². The van der Waals surface area contributed by atoms with Crippen molar-refractivity contribution in [1.29, 1.82) is 0 Å². The number of hydrogen-bond acceptors (Lipinski definition) is 2. The normalized spacial score (nSPS) is 12.2. The van der Waals surface area contributed by atoms with Crippen LogP contribution in [-0.4, -0.2) is 35.4 Å². The molecule has 26 heavy (non-hydrogen) atoms. The number of amides is 1. The smallest absolute Gasteiger partial charge is 0.244 e. The number of para-hydroxylation sites is 1. The van der Waals surface area contributed by atoms with Crippen LogP contribution in [0.5, 0.6) is 0 Å². The summed E-state index contributed by atoms with van der Waals surface area (Å²) in [4.78, 5) is 18.2. The molecule has 2 N–H and O–H groups in total. The third-order valence-corrected chi connectivity index (χ3v) is 4.87.